The predicted molar refractivity (Wildman–Crippen MR) is 151 cm³/mol. The summed E-state index contributed by atoms with van der Waals surface area (Å²) in [6.45, 7) is 10.6. The second-order valence-electron chi connectivity index (χ2n) is 12.0. The van der Waals surface area contributed by atoms with Crippen molar-refractivity contribution >= 4 is 36.6 Å². The molecule has 0 radical (unpaired) electrons. The summed E-state index contributed by atoms with van der Waals surface area (Å²) in [5, 5.41) is 0. The fourth-order valence-corrected chi connectivity index (χ4v) is 6.32. The molecule has 1 aromatic rings. The van der Waals surface area contributed by atoms with Crippen molar-refractivity contribution in [2.75, 3.05) is 32.7 Å². The van der Waals surface area contributed by atoms with Crippen molar-refractivity contribution in [3.8, 4) is 0 Å². The molecular formula is C28H44Cl2F2N4O2. The minimum atomic E-state index is -0.620. The third-order valence-corrected chi connectivity index (χ3v) is 8.61. The van der Waals surface area contributed by atoms with Crippen molar-refractivity contribution in [2.45, 2.75) is 83.3 Å². The lowest BCUT2D eigenvalue weighted by atomic mass is 9.83. The summed E-state index contributed by atoms with van der Waals surface area (Å²) in [4.78, 5) is 32.9. The van der Waals surface area contributed by atoms with Crippen molar-refractivity contribution < 1.29 is 18.4 Å². The van der Waals surface area contributed by atoms with E-state index in [1.807, 2.05) is 16.7 Å². The molecule has 2 heterocycles. The van der Waals surface area contributed by atoms with E-state index in [1.165, 1.54) is 18.6 Å². The summed E-state index contributed by atoms with van der Waals surface area (Å²) in [7, 11) is 0. The molecular weight excluding hydrogens is 533 g/mol. The Balaban J connectivity index is 0.00000253. The van der Waals surface area contributed by atoms with Gasteiger partial charge in [0.05, 0.1) is 12.0 Å². The fraction of sp³-hybridized carbons (Fsp3) is 0.714. The van der Waals surface area contributed by atoms with Crippen LogP contribution in [0.1, 0.15) is 71.3 Å². The van der Waals surface area contributed by atoms with Crippen LogP contribution in [0, 0.1) is 23.5 Å². The summed E-state index contributed by atoms with van der Waals surface area (Å²) >= 11 is 0. The Morgan fingerprint density at radius 3 is 2.24 bits per heavy atom. The third-order valence-electron chi connectivity index (χ3n) is 8.61. The van der Waals surface area contributed by atoms with E-state index in [4.69, 9.17) is 5.73 Å². The highest BCUT2D eigenvalue weighted by Crippen LogP contribution is 2.39. The van der Waals surface area contributed by atoms with Crippen molar-refractivity contribution in [3.05, 3.63) is 35.4 Å². The number of piperazine rings is 1. The van der Waals surface area contributed by atoms with Crippen LogP contribution in [0.5, 0.6) is 0 Å². The second-order valence-corrected chi connectivity index (χ2v) is 12.0. The quantitative estimate of drug-likeness (QED) is 0.569. The fourth-order valence-electron chi connectivity index (χ4n) is 6.32. The van der Waals surface area contributed by atoms with E-state index in [2.05, 4.69) is 25.7 Å². The molecule has 2 amide bonds. The van der Waals surface area contributed by atoms with Crippen LogP contribution in [-0.4, -0.2) is 76.9 Å². The molecule has 0 bridgehead atoms. The molecule has 6 nitrogen and oxygen atoms in total. The largest absolute Gasteiger partial charge is 0.338 e. The van der Waals surface area contributed by atoms with E-state index < -0.39 is 23.6 Å². The average Bonchev–Trinajstić information content (AvgIpc) is 3.29. The van der Waals surface area contributed by atoms with E-state index in [1.54, 1.807) is 0 Å². The molecule has 2 N–H and O–H groups in total. The molecule has 0 aromatic heterocycles. The van der Waals surface area contributed by atoms with Crippen LogP contribution in [-0.2, 0) is 9.59 Å². The summed E-state index contributed by atoms with van der Waals surface area (Å²) in [5.74, 6) is -1.80. The molecule has 4 rings (SSSR count). The maximum absolute atomic E-state index is 14.8. The standard InChI is InChI=1S/C28H42F2N4O2.2ClH/c1-18-15-32(27(36)25(31)19-8-6-5-7-9-19)12-13-34(18)26(35)23-17-33(28(2,3)4)16-22(23)21-11-10-20(29)14-24(21)30;;/h10-11,14,18-19,22-23,25H,5-9,12-13,15-17,31H2,1-4H3;2*1H/t18-,22-,23+,25?;;/m0../s1. The number of carbonyl (C=O) groups is 2. The second kappa shape index (κ2) is 13.2. The molecule has 1 unspecified atom stereocenters. The van der Waals surface area contributed by atoms with Gasteiger partial charge in [0, 0.05) is 56.3 Å². The van der Waals surface area contributed by atoms with Gasteiger partial charge in [-0.25, -0.2) is 8.78 Å². The number of nitrogens with zero attached hydrogens (tertiary/aromatic N) is 3. The molecule has 1 aliphatic carbocycles. The number of rotatable bonds is 4. The first kappa shape index (κ1) is 32.7. The average molecular weight is 578 g/mol. The zero-order valence-electron chi connectivity index (χ0n) is 23.0. The third kappa shape index (κ3) is 6.98. The van der Waals surface area contributed by atoms with E-state index in [0.717, 1.165) is 31.7 Å². The van der Waals surface area contributed by atoms with E-state index in [0.29, 0.717) is 38.3 Å². The summed E-state index contributed by atoms with van der Waals surface area (Å²) in [5.41, 5.74) is 6.59. The Morgan fingerprint density at radius 2 is 1.66 bits per heavy atom. The number of carbonyl (C=O) groups excluding carboxylic acids is 2. The van der Waals surface area contributed by atoms with Crippen molar-refractivity contribution in [3.63, 3.8) is 0 Å². The molecule has 3 fully saturated rings. The van der Waals surface area contributed by atoms with Gasteiger partial charge in [0.15, 0.2) is 0 Å². The molecule has 1 saturated carbocycles. The molecule has 3 aliphatic rings. The van der Waals surface area contributed by atoms with Crippen LogP contribution >= 0.6 is 24.8 Å². The number of hydrogen-bond donors (Lipinski definition) is 1. The Morgan fingerprint density at radius 1 is 1.00 bits per heavy atom. The smallest absolute Gasteiger partial charge is 0.239 e. The van der Waals surface area contributed by atoms with Gasteiger partial charge in [0.1, 0.15) is 11.6 Å². The minimum Gasteiger partial charge on any atom is -0.338 e. The maximum Gasteiger partial charge on any atom is 0.239 e. The topological polar surface area (TPSA) is 69.9 Å². The van der Waals surface area contributed by atoms with Crippen LogP contribution < -0.4 is 5.73 Å². The van der Waals surface area contributed by atoms with Gasteiger partial charge in [-0.05, 0) is 58.1 Å². The zero-order chi connectivity index (χ0) is 26.2. The number of benzene rings is 1. The monoisotopic (exact) mass is 576 g/mol. The highest BCUT2D eigenvalue weighted by molar-refractivity contribution is 5.86. The van der Waals surface area contributed by atoms with Gasteiger partial charge >= 0.3 is 0 Å². The maximum atomic E-state index is 14.8. The zero-order valence-corrected chi connectivity index (χ0v) is 24.6. The Kier molecular flexibility index (Phi) is 11.4. The SMILES string of the molecule is C[C@H]1CN(C(=O)C(N)C2CCCCC2)CCN1C(=O)[C@@H]1CN(C(C)(C)C)C[C@H]1c1ccc(F)cc1F.Cl.Cl. The normalized spacial score (nSPS) is 25.9. The van der Waals surface area contributed by atoms with Gasteiger partial charge < -0.3 is 15.5 Å². The lowest BCUT2D eigenvalue weighted by molar-refractivity contribution is -0.146. The summed E-state index contributed by atoms with van der Waals surface area (Å²) in [6, 6.07) is 3.02. The molecule has 10 heteroatoms. The van der Waals surface area contributed by atoms with E-state index >= 15 is 0 Å². The van der Waals surface area contributed by atoms with Crippen molar-refractivity contribution in [1.82, 2.24) is 14.7 Å². The van der Waals surface area contributed by atoms with Gasteiger partial charge in [-0.2, -0.15) is 0 Å². The van der Waals surface area contributed by atoms with Crippen LogP contribution in [0.2, 0.25) is 0 Å². The minimum absolute atomic E-state index is 0. The molecule has 216 valence electrons. The predicted octanol–water partition coefficient (Wildman–Crippen LogP) is 4.59. The lowest BCUT2D eigenvalue weighted by Gasteiger charge is -2.43. The van der Waals surface area contributed by atoms with Crippen molar-refractivity contribution in [1.29, 1.82) is 0 Å². The molecule has 38 heavy (non-hydrogen) atoms. The first-order valence-electron chi connectivity index (χ1n) is 13.5. The van der Waals surface area contributed by atoms with E-state index in [-0.39, 0.29) is 60.0 Å². The van der Waals surface area contributed by atoms with Crippen LogP contribution in [0.3, 0.4) is 0 Å². The Hall–Kier alpha value is -1.48. The highest BCUT2D eigenvalue weighted by Gasteiger charge is 2.46. The molecule has 2 aliphatic heterocycles. The Labute approximate surface area is 238 Å². The van der Waals surface area contributed by atoms with Gasteiger partial charge in [-0.3, -0.25) is 14.5 Å². The first-order chi connectivity index (χ1) is 17.0. The van der Waals surface area contributed by atoms with Crippen LogP contribution in [0.25, 0.3) is 0 Å². The number of nitrogens with two attached hydrogens (primary N) is 1. The number of likely N-dealkylation sites (tertiary alicyclic amines) is 1. The molecule has 0 spiro atoms. The number of hydrogen-bond acceptors (Lipinski definition) is 4. The summed E-state index contributed by atoms with van der Waals surface area (Å²) < 4.78 is 28.4. The van der Waals surface area contributed by atoms with Crippen molar-refractivity contribution in [2.24, 2.45) is 17.6 Å². The molecule has 4 atom stereocenters. The van der Waals surface area contributed by atoms with Gasteiger partial charge in [0.25, 0.3) is 0 Å². The molecule has 1 aromatic carbocycles. The Bertz CT molecular complexity index is 971. The highest BCUT2D eigenvalue weighted by atomic mass is 35.5. The number of halogens is 4. The van der Waals surface area contributed by atoms with E-state index in [9.17, 15) is 18.4 Å². The molecule has 2 saturated heterocycles. The van der Waals surface area contributed by atoms with Crippen LogP contribution in [0.15, 0.2) is 18.2 Å². The van der Waals surface area contributed by atoms with Gasteiger partial charge in [-0.1, -0.05) is 25.3 Å². The van der Waals surface area contributed by atoms with Gasteiger partial charge in [0.2, 0.25) is 11.8 Å². The lowest BCUT2D eigenvalue weighted by Crippen LogP contribution is -2.60. The number of amides is 2. The van der Waals surface area contributed by atoms with Crippen LogP contribution in [0.4, 0.5) is 8.78 Å². The first-order valence-corrected chi connectivity index (χ1v) is 13.5. The summed E-state index contributed by atoms with van der Waals surface area (Å²) in [6.07, 6.45) is 5.49. The van der Waals surface area contributed by atoms with Gasteiger partial charge in [-0.15, -0.1) is 24.8 Å².